The summed E-state index contributed by atoms with van der Waals surface area (Å²) in [5.41, 5.74) is 0.855. The Kier molecular flexibility index (Phi) is 6.31. The minimum Gasteiger partial charge on any atom is -0.484 e. The van der Waals surface area contributed by atoms with Crippen LogP contribution in [-0.2, 0) is 4.79 Å². The number of carbonyl (C=O) groups is 2. The van der Waals surface area contributed by atoms with Gasteiger partial charge in [0.1, 0.15) is 5.75 Å². The van der Waals surface area contributed by atoms with Gasteiger partial charge in [-0.05, 0) is 43.3 Å². The number of alkyl halides is 2. The number of anilines is 1. The predicted octanol–water partition coefficient (Wildman–Crippen LogP) is 4.22. The third kappa shape index (κ3) is 5.34. The van der Waals surface area contributed by atoms with E-state index in [0.717, 1.165) is 0 Å². The molecule has 0 aliphatic heterocycles. The Balaban J connectivity index is 1.93. The number of ketones is 1. The van der Waals surface area contributed by atoms with Crippen molar-refractivity contribution in [2.75, 3.05) is 11.9 Å². The molecule has 7 heteroatoms. The van der Waals surface area contributed by atoms with Gasteiger partial charge in [0.25, 0.3) is 11.7 Å². The monoisotopic (exact) mass is 351 g/mol. The van der Waals surface area contributed by atoms with Gasteiger partial charge in [0.05, 0.1) is 5.69 Å². The number of halogens is 2. The molecule has 0 saturated carbocycles. The van der Waals surface area contributed by atoms with E-state index in [1.807, 2.05) is 0 Å². The van der Waals surface area contributed by atoms with E-state index >= 15 is 0 Å². The van der Waals surface area contributed by atoms with Crippen LogP contribution in [0.2, 0.25) is 0 Å². The zero-order valence-electron chi connectivity index (χ0n) is 12.8. The number of nitrogens with one attached hydrogen (secondary N) is 1. The normalized spacial score (nSPS) is 10.5. The number of thioether (sulfide) groups is 1. The van der Waals surface area contributed by atoms with Crippen LogP contribution in [0.3, 0.4) is 0 Å². The van der Waals surface area contributed by atoms with E-state index in [4.69, 9.17) is 4.74 Å². The third-order valence-corrected chi connectivity index (χ3v) is 3.80. The van der Waals surface area contributed by atoms with E-state index < -0.39 is 11.7 Å². The van der Waals surface area contributed by atoms with Gasteiger partial charge in [-0.3, -0.25) is 9.59 Å². The van der Waals surface area contributed by atoms with Gasteiger partial charge < -0.3 is 10.1 Å². The Bertz CT molecular complexity index is 720. The van der Waals surface area contributed by atoms with Crippen LogP contribution in [0.1, 0.15) is 17.3 Å². The number of Topliss-reactive ketones (excluding diaryl/α,β-unsaturated/α-hetero) is 1. The van der Waals surface area contributed by atoms with E-state index in [0.29, 0.717) is 28.8 Å². The van der Waals surface area contributed by atoms with Crippen LogP contribution in [0.25, 0.3) is 0 Å². The first kappa shape index (κ1) is 17.9. The van der Waals surface area contributed by atoms with Crippen LogP contribution in [0, 0.1) is 0 Å². The smallest absolute Gasteiger partial charge is 0.288 e. The average molecular weight is 351 g/mol. The van der Waals surface area contributed by atoms with Gasteiger partial charge in [-0.15, -0.1) is 0 Å². The molecule has 2 aromatic carbocycles. The van der Waals surface area contributed by atoms with Crippen LogP contribution in [0.4, 0.5) is 14.5 Å². The molecule has 1 N–H and O–H groups in total. The Morgan fingerprint density at radius 2 is 1.79 bits per heavy atom. The molecule has 0 radical (unpaired) electrons. The molecule has 0 bridgehead atoms. The molecule has 0 aliphatic carbocycles. The van der Waals surface area contributed by atoms with Crippen LogP contribution < -0.4 is 10.1 Å². The fraction of sp³-hybridized carbons (Fsp3) is 0.176. The fourth-order valence-electron chi connectivity index (χ4n) is 1.89. The molecule has 2 aromatic rings. The second kappa shape index (κ2) is 8.44. The lowest BCUT2D eigenvalue weighted by Crippen LogP contribution is -2.20. The van der Waals surface area contributed by atoms with Gasteiger partial charge in [0.15, 0.2) is 12.4 Å². The number of hydrogen-bond acceptors (Lipinski definition) is 4. The minimum atomic E-state index is -2.57. The summed E-state index contributed by atoms with van der Waals surface area (Å²) in [5.74, 6) is -2.66. The molecule has 0 aromatic heterocycles. The van der Waals surface area contributed by atoms with Gasteiger partial charge in [0, 0.05) is 10.5 Å². The molecular formula is C17H15F2NO3S. The molecule has 4 nitrogen and oxygen atoms in total. The standard InChI is InChI=1S/C17H15F2NO3S/c1-11(21)12-6-8-13(9-7-12)23-10-16(22)20-14-4-2-3-5-15(14)24-17(18)19/h2-9,17H,10H2,1H3,(H,20,22). The van der Waals surface area contributed by atoms with Gasteiger partial charge in [-0.1, -0.05) is 23.9 Å². The number of benzene rings is 2. The zero-order chi connectivity index (χ0) is 17.5. The molecule has 0 fully saturated rings. The van der Waals surface area contributed by atoms with Crippen LogP contribution >= 0.6 is 11.8 Å². The largest absolute Gasteiger partial charge is 0.484 e. The Hall–Kier alpha value is -2.41. The predicted molar refractivity (Wildman–Crippen MR) is 88.9 cm³/mol. The summed E-state index contributed by atoms with van der Waals surface area (Å²) in [6.45, 7) is 1.19. The highest BCUT2D eigenvalue weighted by Crippen LogP contribution is 2.31. The lowest BCUT2D eigenvalue weighted by molar-refractivity contribution is -0.118. The Morgan fingerprint density at radius 1 is 1.12 bits per heavy atom. The van der Waals surface area contributed by atoms with Gasteiger partial charge in [0.2, 0.25) is 0 Å². The SMILES string of the molecule is CC(=O)c1ccc(OCC(=O)Nc2ccccc2SC(F)F)cc1. The molecular weight excluding hydrogens is 336 g/mol. The summed E-state index contributed by atoms with van der Waals surface area (Å²) >= 11 is 0.365. The van der Waals surface area contributed by atoms with Crippen molar-refractivity contribution in [1.29, 1.82) is 0 Å². The number of hydrogen-bond donors (Lipinski definition) is 1. The zero-order valence-corrected chi connectivity index (χ0v) is 13.6. The van der Waals surface area contributed by atoms with Crippen LogP contribution in [-0.4, -0.2) is 24.1 Å². The lowest BCUT2D eigenvalue weighted by atomic mass is 10.1. The molecule has 0 unspecified atom stereocenters. The van der Waals surface area contributed by atoms with Crippen molar-refractivity contribution < 1.29 is 23.1 Å². The molecule has 1 amide bonds. The van der Waals surface area contributed by atoms with Crippen molar-refractivity contribution in [3.63, 3.8) is 0 Å². The van der Waals surface area contributed by atoms with E-state index in [1.165, 1.54) is 13.0 Å². The Labute approximate surface area is 142 Å². The van der Waals surface area contributed by atoms with Crippen molar-refractivity contribution in [2.45, 2.75) is 17.6 Å². The summed E-state index contributed by atoms with van der Waals surface area (Å²) in [4.78, 5) is 23.4. The summed E-state index contributed by atoms with van der Waals surface area (Å²) in [6, 6.07) is 12.7. The molecule has 0 aliphatic rings. The van der Waals surface area contributed by atoms with Gasteiger partial charge in [-0.2, -0.15) is 8.78 Å². The highest BCUT2D eigenvalue weighted by molar-refractivity contribution is 7.99. The highest BCUT2D eigenvalue weighted by Gasteiger charge is 2.12. The second-order valence-corrected chi connectivity index (χ2v) is 5.82. The topological polar surface area (TPSA) is 55.4 Å². The first-order valence-electron chi connectivity index (χ1n) is 7.03. The fourth-order valence-corrected chi connectivity index (χ4v) is 2.48. The van der Waals surface area contributed by atoms with Gasteiger partial charge >= 0.3 is 0 Å². The number of carbonyl (C=O) groups excluding carboxylic acids is 2. The molecule has 126 valence electrons. The maximum atomic E-state index is 12.5. The van der Waals surface area contributed by atoms with Crippen molar-refractivity contribution >= 4 is 29.1 Å². The summed E-state index contributed by atoms with van der Waals surface area (Å²) in [7, 11) is 0. The first-order chi connectivity index (χ1) is 11.5. The summed E-state index contributed by atoms with van der Waals surface area (Å²) in [6.07, 6.45) is 0. The van der Waals surface area contributed by atoms with Crippen molar-refractivity contribution in [3.05, 3.63) is 54.1 Å². The average Bonchev–Trinajstić information content (AvgIpc) is 2.54. The maximum absolute atomic E-state index is 12.5. The van der Waals surface area contributed by atoms with Gasteiger partial charge in [-0.25, -0.2) is 0 Å². The second-order valence-electron chi connectivity index (χ2n) is 4.79. The van der Waals surface area contributed by atoms with E-state index in [2.05, 4.69) is 5.32 Å². The number of rotatable bonds is 7. The number of amides is 1. The van der Waals surface area contributed by atoms with E-state index in [-0.39, 0.29) is 17.3 Å². The van der Waals surface area contributed by atoms with E-state index in [9.17, 15) is 18.4 Å². The number of para-hydroxylation sites is 1. The molecule has 24 heavy (non-hydrogen) atoms. The van der Waals surface area contributed by atoms with E-state index in [1.54, 1.807) is 42.5 Å². The first-order valence-corrected chi connectivity index (χ1v) is 7.91. The lowest BCUT2D eigenvalue weighted by Gasteiger charge is -2.11. The third-order valence-electron chi connectivity index (χ3n) is 3.01. The maximum Gasteiger partial charge on any atom is 0.288 e. The van der Waals surface area contributed by atoms with Crippen molar-refractivity contribution in [2.24, 2.45) is 0 Å². The number of ether oxygens (including phenoxy) is 1. The highest BCUT2D eigenvalue weighted by atomic mass is 32.2. The summed E-state index contributed by atoms with van der Waals surface area (Å²) in [5, 5.41) is 2.54. The molecule has 2 rings (SSSR count). The van der Waals surface area contributed by atoms with Crippen molar-refractivity contribution in [1.82, 2.24) is 0 Å². The van der Waals surface area contributed by atoms with Crippen molar-refractivity contribution in [3.8, 4) is 5.75 Å². The molecule has 0 heterocycles. The quantitative estimate of drug-likeness (QED) is 0.599. The van der Waals surface area contributed by atoms with Crippen LogP contribution in [0.5, 0.6) is 5.75 Å². The summed E-state index contributed by atoms with van der Waals surface area (Å²) < 4.78 is 30.3. The Morgan fingerprint density at radius 3 is 2.42 bits per heavy atom. The minimum absolute atomic E-state index is 0.0626. The molecule has 0 atom stereocenters. The molecule has 0 saturated heterocycles. The molecule has 0 spiro atoms. The van der Waals surface area contributed by atoms with Crippen LogP contribution in [0.15, 0.2) is 53.4 Å².